The molecule has 5 heteroatoms. The third kappa shape index (κ3) is 4.48. The number of nitrogens with two attached hydrogens (primary N) is 1. The van der Waals surface area contributed by atoms with Gasteiger partial charge in [0.1, 0.15) is 11.5 Å². The Hall–Kier alpha value is -2.04. The van der Waals surface area contributed by atoms with Crippen molar-refractivity contribution in [2.45, 2.75) is 33.1 Å². The molecule has 0 aromatic heterocycles. The van der Waals surface area contributed by atoms with Crippen LogP contribution in [0, 0.1) is 5.82 Å². The van der Waals surface area contributed by atoms with Crippen LogP contribution in [0.4, 0.5) is 10.1 Å². The molecule has 1 aromatic rings. The first kappa shape index (κ1) is 17.0. The van der Waals surface area contributed by atoms with Crippen molar-refractivity contribution in [3.63, 3.8) is 0 Å². The molecule has 0 aliphatic rings. The predicted octanol–water partition coefficient (Wildman–Crippen LogP) is 3.19. The molecule has 0 radical (unpaired) electrons. The number of hydrogen-bond donors (Lipinski definition) is 1. The predicted molar refractivity (Wildman–Crippen MR) is 82.2 cm³/mol. The van der Waals surface area contributed by atoms with E-state index in [4.69, 9.17) is 10.5 Å². The molecule has 0 aliphatic carbocycles. The van der Waals surface area contributed by atoms with E-state index in [0.717, 1.165) is 12.8 Å². The Morgan fingerprint density at radius 1 is 1.33 bits per heavy atom. The number of carbonyl (C=O) groups is 1. The largest absolute Gasteiger partial charge is 0.461 e. The first-order valence-electron chi connectivity index (χ1n) is 7.16. The molecule has 0 atom stereocenters. The SMILES string of the molecule is CCCC/C(N)=C(/C(=O)OCC)N(C)c1ccccc1F. The fourth-order valence-electron chi connectivity index (χ4n) is 2.01. The Labute approximate surface area is 125 Å². The van der Waals surface area contributed by atoms with Crippen molar-refractivity contribution in [1.29, 1.82) is 0 Å². The number of nitrogens with zero attached hydrogens (tertiary/aromatic N) is 1. The Morgan fingerprint density at radius 2 is 2.00 bits per heavy atom. The number of unbranched alkanes of at least 4 members (excludes halogenated alkanes) is 1. The summed E-state index contributed by atoms with van der Waals surface area (Å²) >= 11 is 0. The zero-order chi connectivity index (χ0) is 15.8. The van der Waals surface area contributed by atoms with Crippen LogP contribution in [0.15, 0.2) is 35.7 Å². The molecular weight excluding hydrogens is 271 g/mol. The molecule has 0 unspecified atom stereocenters. The second-order valence-electron chi connectivity index (χ2n) is 4.71. The molecule has 116 valence electrons. The van der Waals surface area contributed by atoms with E-state index in [0.29, 0.717) is 17.8 Å². The van der Waals surface area contributed by atoms with Crippen LogP contribution in [-0.4, -0.2) is 19.6 Å². The molecule has 0 bridgehead atoms. The summed E-state index contributed by atoms with van der Waals surface area (Å²) in [7, 11) is 1.61. The molecule has 0 heterocycles. The molecule has 1 rings (SSSR count). The second-order valence-corrected chi connectivity index (χ2v) is 4.71. The zero-order valence-electron chi connectivity index (χ0n) is 12.9. The highest BCUT2D eigenvalue weighted by Crippen LogP contribution is 2.23. The molecule has 2 N–H and O–H groups in total. The zero-order valence-corrected chi connectivity index (χ0v) is 12.9. The number of para-hydroxylation sites is 1. The van der Waals surface area contributed by atoms with Crippen LogP contribution >= 0.6 is 0 Å². The number of allylic oxidation sites excluding steroid dienone is 1. The highest BCUT2D eigenvalue weighted by atomic mass is 19.1. The van der Waals surface area contributed by atoms with E-state index >= 15 is 0 Å². The molecule has 0 aliphatic heterocycles. The Bertz CT molecular complexity index is 515. The van der Waals surface area contributed by atoms with Crippen LogP contribution in [-0.2, 0) is 9.53 Å². The number of anilines is 1. The van der Waals surface area contributed by atoms with Gasteiger partial charge in [-0.2, -0.15) is 0 Å². The van der Waals surface area contributed by atoms with E-state index in [2.05, 4.69) is 0 Å². The summed E-state index contributed by atoms with van der Waals surface area (Å²) in [5.41, 5.74) is 6.95. The number of hydrogen-bond acceptors (Lipinski definition) is 4. The van der Waals surface area contributed by atoms with E-state index in [1.165, 1.54) is 11.0 Å². The number of ether oxygens (including phenoxy) is 1. The van der Waals surface area contributed by atoms with Gasteiger partial charge in [0.25, 0.3) is 0 Å². The number of benzene rings is 1. The highest BCUT2D eigenvalue weighted by molar-refractivity contribution is 5.93. The Morgan fingerprint density at radius 3 is 2.57 bits per heavy atom. The minimum atomic E-state index is -0.531. The van der Waals surface area contributed by atoms with Gasteiger partial charge < -0.3 is 15.4 Å². The fourth-order valence-corrected chi connectivity index (χ4v) is 2.01. The van der Waals surface area contributed by atoms with Crippen LogP contribution in [0.5, 0.6) is 0 Å². The minimum Gasteiger partial charge on any atom is -0.461 e. The van der Waals surface area contributed by atoms with Gasteiger partial charge >= 0.3 is 5.97 Å². The average molecular weight is 294 g/mol. The lowest BCUT2D eigenvalue weighted by Gasteiger charge is -2.23. The fraction of sp³-hybridized carbons (Fsp3) is 0.438. The molecule has 21 heavy (non-hydrogen) atoms. The van der Waals surface area contributed by atoms with Crippen LogP contribution in [0.2, 0.25) is 0 Å². The molecular formula is C16H23FN2O2. The third-order valence-corrected chi connectivity index (χ3v) is 3.12. The number of carbonyl (C=O) groups excluding carboxylic acids is 1. The van der Waals surface area contributed by atoms with Crippen LogP contribution in [0.3, 0.4) is 0 Å². The van der Waals surface area contributed by atoms with Gasteiger partial charge in [0.05, 0.1) is 12.3 Å². The van der Waals surface area contributed by atoms with Crippen molar-refractivity contribution in [3.8, 4) is 0 Å². The van der Waals surface area contributed by atoms with Gasteiger partial charge in [-0.25, -0.2) is 9.18 Å². The van der Waals surface area contributed by atoms with Crippen molar-refractivity contribution in [2.75, 3.05) is 18.6 Å². The maximum Gasteiger partial charge on any atom is 0.356 e. The summed E-state index contributed by atoms with van der Waals surface area (Å²) in [5, 5.41) is 0. The first-order chi connectivity index (χ1) is 10.0. The van der Waals surface area contributed by atoms with Gasteiger partial charge in [-0.1, -0.05) is 25.5 Å². The molecule has 0 saturated heterocycles. The van der Waals surface area contributed by atoms with Crippen molar-refractivity contribution >= 4 is 11.7 Å². The number of rotatable bonds is 7. The summed E-state index contributed by atoms with van der Waals surface area (Å²) in [6, 6.07) is 6.25. The van der Waals surface area contributed by atoms with E-state index in [9.17, 15) is 9.18 Å². The normalized spacial score (nSPS) is 11.8. The van der Waals surface area contributed by atoms with E-state index in [1.807, 2.05) is 6.92 Å². The van der Waals surface area contributed by atoms with Crippen molar-refractivity contribution < 1.29 is 13.9 Å². The second kappa shape index (κ2) is 8.29. The first-order valence-corrected chi connectivity index (χ1v) is 7.16. The molecule has 0 spiro atoms. The summed E-state index contributed by atoms with van der Waals surface area (Å²) in [5.74, 6) is -0.943. The summed E-state index contributed by atoms with van der Waals surface area (Å²) in [6.45, 7) is 4.01. The number of likely N-dealkylation sites (N-methyl/N-ethyl adjacent to an activating group) is 1. The van der Waals surface area contributed by atoms with Gasteiger partial charge in [-0.05, 0) is 31.9 Å². The average Bonchev–Trinajstić information content (AvgIpc) is 2.46. The summed E-state index contributed by atoms with van der Waals surface area (Å²) in [6.07, 6.45) is 2.39. The van der Waals surface area contributed by atoms with Gasteiger partial charge in [0.15, 0.2) is 0 Å². The molecule has 1 aromatic carbocycles. The van der Waals surface area contributed by atoms with Gasteiger partial charge in [-0.3, -0.25) is 0 Å². The van der Waals surface area contributed by atoms with Gasteiger partial charge in [0, 0.05) is 12.7 Å². The lowest BCUT2D eigenvalue weighted by molar-refractivity contribution is -0.138. The maximum absolute atomic E-state index is 13.9. The molecule has 4 nitrogen and oxygen atoms in total. The molecule has 0 saturated carbocycles. The van der Waals surface area contributed by atoms with Crippen molar-refractivity contribution in [3.05, 3.63) is 41.5 Å². The highest BCUT2D eigenvalue weighted by Gasteiger charge is 2.22. The summed E-state index contributed by atoms with van der Waals surface area (Å²) in [4.78, 5) is 13.6. The van der Waals surface area contributed by atoms with Crippen LogP contribution in [0.1, 0.15) is 33.1 Å². The topological polar surface area (TPSA) is 55.6 Å². The molecule has 0 fully saturated rings. The van der Waals surface area contributed by atoms with Gasteiger partial charge in [0.2, 0.25) is 0 Å². The van der Waals surface area contributed by atoms with E-state index in [-0.39, 0.29) is 12.3 Å². The van der Waals surface area contributed by atoms with Gasteiger partial charge in [-0.15, -0.1) is 0 Å². The Balaban J connectivity index is 3.17. The lowest BCUT2D eigenvalue weighted by atomic mass is 10.1. The Kier molecular flexibility index (Phi) is 6.72. The molecule has 0 amide bonds. The quantitative estimate of drug-likeness (QED) is 0.620. The van der Waals surface area contributed by atoms with Crippen molar-refractivity contribution in [2.24, 2.45) is 5.73 Å². The minimum absolute atomic E-state index is 0.204. The lowest BCUT2D eigenvalue weighted by Crippen LogP contribution is -2.29. The number of halogens is 1. The van der Waals surface area contributed by atoms with E-state index in [1.54, 1.807) is 32.2 Å². The third-order valence-electron chi connectivity index (χ3n) is 3.12. The van der Waals surface area contributed by atoms with Crippen molar-refractivity contribution in [1.82, 2.24) is 0 Å². The standard InChI is InChI=1S/C16H23FN2O2/c1-4-6-10-13(18)15(16(20)21-5-2)19(3)14-11-8-7-9-12(14)17/h7-9,11H,4-6,10,18H2,1-3H3/b15-13+. The van der Waals surface area contributed by atoms with Crippen LogP contribution in [0.25, 0.3) is 0 Å². The van der Waals surface area contributed by atoms with Crippen LogP contribution < -0.4 is 10.6 Å². The smallest absolute Gasteiger partial charge is 0.356 e. The number of esters is 1. The monoisotopic (exact) mass is 294 g/mol. The maximum atomic E-state index is 13.9. The van der Waals surface area contributed by atoms with E-state index < -0.39 is 11.8 Å². The summed E-state index contributed by atoms with van der Waals surface area (Å²) < 4.78 is 19.0.